The molecule has 0 aromatic carbocycles. The summed E-state index contributed by atoms with van der Waals surface area (Å²) in [5.41, 5.74) is 4.64. The van der Waals surface area contributed by atoms with Gasteiger partial charge in [-0.2, -0.15) is 0 Å². The quantitative estimate of drug-likeness (QED) is 0.772. The van der Waals surface area contributed by atoms with E-state index in [9.17, 15) is 8.78 Å². The van der Waals surface area contributed by atoms with Crippen molar-refractivity contribution in [3.8, 4) is 0 Å². The van der Waals surface area contributed by atoms with E-state index in [-0.39, 0.29) is 12.1 Å². The normalized spacial score (nSPS) is 23.4. The lowest BCUT2D eigenvalue weighted by molar-refractivity contribution is -0.0563. The second kappa shape index (κ2) is 4.34. The van der Waals surface area contributed by atoms with E-state index in [1.165, 1.54) is 0 Å². The number of piperidine rings is 1. The Morgan fingerprint density at radius 2 is 1.73 bits per heavy atom. The first-order chi connectivity index (χ1) is 6.82. The summed E-state index contributed by atoms with van der Waals surface area (Å²) >= 11 is 0. The number of nitrogens with zero attached hydrogens (tertiary/aromatic N) is 1. The van der Waals surface area contributed by atoms with Crippen LogP contribution >= 0.6 is 0 Å². The number of rotatable bonds is 2. The summed E-state index contributed by atoms with van der Waals surface area (Å²) in [5, 5.41) is 0. The molecule has 1 aliphatic rings. The lowest BCUT2D eigenvalue weighted by Gasteiger charge is -2.45. The van der Waals surface area contributed by atoms with E-state index in [1.807, 2.05) is 0 Å². The van der Waals surface area contributed by atoms with Gasteiger partial charge in [-0.05, 0) is 46.7 Å². The Morgan fingerprint density at radius 1 is 1.27 bits per heavy atom. The van der Waals surface area contributed by atoms with Crippen molar-refractivity contribution in [1.82, 2.24) is 4.90 Å². The molecular formula is C11H22F2N2. The van der Waals surface area contributed by atoms with Crippen LogP contribution < -0.4 is 5.73 Å². The van der Waals surface area contributed by atoms with Gasteiger partial charge >= 0.3 is 0 Å². The zero-order valence-corrected chi connectivity index (χ0v) is 9.89. The Balaban J connectivity index is 2.61. The third kappa shape index (κ3) is 2.67. The molecule has 0 aliphatic carbocycles. The van der Waals surface area contributed by atoms with E-state index in [4.69, 9.17) is 5.73 Å². The van der Waals surface area contributed by atoms with Crippen LogP contribution in [0, 0.1) is 5.41 Å². The van der Waals surface area contributed by atoms with Crippen LogP contribution in [0.15, 0.2) is 0 Å². The lowest BCUT2D eigenvalue weighted by atomic mass is 9.78. The SMILES string of the molecule is CC(C)(C)N1CCC(CN)(C(F)F)CC1. The molecule has 0 amide bonds. The monoisotopic (exact) mass is 220 g/mol. The van der Waals surface area contributed by atoms with Crippen LogP contribution in [0.2, 0.25) is 0 Å². The van der Waals surface area contributed by atoms with Crippen molar-refractivity contribution >= 4 is 0 Å². The van der Waals surface area contributed by atoms with Crippen molar-refractivity contribution in [2.75, 3.05) is 19.6 Å². The standard InChI is InChI=1S/C11H22F2N2/c1-10(2,3)15-6-4-11(8-14,5-7-15)9(12)13/h9H,4-8,14H2,1-3H3. The third-order valence-corrected chi connectivity index (χ3v) is 3.58. The largest absolute Gasteiger partial charge is 0.330 e. The van der Waals surface area contributed by atoms with Crippen molar-refractivity contribution in [3.63, 3.8) is 0 Å². The molecule has 1 rings (SSSR count). The molecular weight excluding hydrogens is 198 g/mol. The molecule has 1 heterocycles. The van der Waals surface area contributed by atoms with Crippen LogP contribution in [0.25, 0.3) is 0 Å². The van der Waals surface area contributed by atoms with Gasteiger partial charge in [0, 0.05) is 17.5 Å². The highest BCUT2D eigenvalue weighted by Crippen LogP contribution is 2.38. The molecule has 0 atom stereocenters. The smallest absolute Gasteiger partial charge is 0.245 e. The van der Waals surface area contributed by atoms with Gasteiger partial charge in [0.2, 0.25) is 6.43 Å². The molecule has 2 N–H and O–H groups in total. The number of nitrogens with two attached hydrogens (primary N) is 1. The molecule has 0 unspecified atom stereocenters. The first kappa shape index (κ1) is 12.8. The summed E-state index contributed by atoms with van der Waals surface area (Å²) in [6.45, 7) is 7.90. The zero-order valence-electron chi connectivity index (χ0n) is 9.89. The van der Waals surface area contributed by atoms with Gasteiger partial charge in [0.15, 0.2) is 0 Å². The van der Waals surface area contributed by atoms with Crippen LogP contribution in [-0.4, -0.2) is 36.5 Å². The van der Waals surface area contributed by atoms with Crippen molar-refractivity contribution in [2.45, 2.75) is 45.6 Å². The van der Waals surface area contributed by atoms with Crippen molar-refractivity contribution in [1.29, 1.82) is 0 Å². The van der Waals surface area contributed by atoms with Crippen LogP contribution in [0.3, 0.4) is 0 Å². The molecule has 1 saturated heterocycles. The predicted octanol–water partition coefficient (Wildman–Crippen LogP) is 2.09. The van der Waals surface area contributed by atoms with Gasteiger partial charge in [0.1, 0.15) is 0 Å². The van der Waals surface area contributed by atoms with Crippen LogP contribution in [0.4, 0.5) is 8.78 Å². The van der Waals surface area contributed by atoms with Crippen molar-refractivity contribution in [2.24, 2.45) is 11.1 Å². The van der Waals surface area contributed by atoms with E-state index < -0.39 is 11.8 Å². The maximum atomic E-state index is 12.9. The van der Waals surface area contributed by atoms with Gasteiger partial charge in [0.05, 0.1) is 0 Å². The minimum absolute atomic E-state index is 0.0723. The first-order valence-electron chi connectivity index (χ1n) is 5.55. The second-order valence-electron chi connectivity index (χ2n) is 5.53. The topological polar surface area (TPSA) is 29.3 Å². The van der Waals surface area contributed by atoms with Gasteiger partial charge in [0.25, 0.3) is 0 Å². The highest BCUT2D eigenvalue weighted by Gasteiger charge is 2.42. The van der Waals surface area contributed by atoms with Gasteiger partial charge in [-0.3, -0.25) is 4.90 Å². The highest BCUT2D eigenvalue weighted by molar-refractivity contribution is 4.92. The Hall–Kier alpha value is -0.220. The Morgan fingerprint density at radius 3 is 2.00 bits per heavy atom. The summed E-state index contributed by atoms with van der Waals surface area (Å²) in [7, 11) is 0. The van der Waals surface area contributed by atoms with Crippen LogP contribution in [0.1, 0.15) is 33.6 Å². The maximum absolute atomic E-state index is 12.9. The molecule has 4 heteroatoms. The summed E-state index contributed by atoms with van der Waals surface area (Å²) < 4.78 is 25.8. The molecule has 90 valence electrons. The molecule has 2 nitrogen and oxygen atoms in total. The number of hydrogen-bond acceptors (Lipinski definition) is 2. The maximum Gasteiger partial charge on any atom is 0.245 e. The van der Waals surface area contributed by atoms with E-state index in [0.717, 1.165) is 13.1 Å². The molecule has 0 spiro atoms. The molecule has 0 saturated carbocycles. The van der Waals surface area contributed by atoms with Crippen molar-refractivity contribution in [3.05, 3.63) is 0 Å². The van der Waals surface area contributed by atoms with Crippen molar-refractivity contribution < 1.29 is 8.78 Å². The Labute approximate surface area is 90.8 Å². The molecule has 0 radical (unpaired) electrons. The van der Waals surface area contributed by atoms with Gasteiger partial charge in [-0.25, -0.2) is 8.78 Å². The lowest BCUT2D eigenvalue weighted by Crippen LogP contribution is -2.53. The summed E-state index contributed by atoms with van der Waals surface area (Å²) in [5.74, 6) is 0. The summed E-state index contributed by atoms with van der Waals surface area (Å²) in [6, 6.07) is 0. The minimum atomic E-state index is -2.29. The molecule has 0 aromatic rings. The number of alkyl halides is 2. The van der Waals surface area contributed by atoms with Crippen LogP contribution in [-0.2, 0) is 0 Å². The molecule has 15 heavy (non-hydrogen) atoms. The van der Waals surface area contributed by atoms with E-state index in [2.05, 4.69) is 25.7 Å². The van der Waals surface area contributed by atoms with E-state index in [0.29, 0.717) is 12.8 Å². The third-order valence-electron chi connectivity index (χ3n) is 3.58. The summed E-state index contributed by atoms with van der Waals surface area (Å²) in [6.07, 6.45) is -1.26. The first-order valence-corrected chi connectivity index (χ1v) is 5.55. The number of hydrogen-bond donors (Lipinski definition) is 1. The minimum Gasteiger partial charge on any atom is -0.330 e. The highest BCUT2D eigenvalue weighted by atomic mass is 19.3. The average molecular weight is 220 g/mol. The zero-order chi connectivity index (χ0) is 11.7. The predicted molar refractivity (Wildman–Crippen MR) is 58.1 cm³/mol. The van der Waals surface area contributed by atoms with Gasteiger partial charge in [-0.15, -0.1) is 0 Å². The van der Waals surface area contributed by atoms with Gasteiger partial charge in [-0.1, -0.05) is 0 Å². The number of likely N-dealkylation sites (tertiary alicyclic amines) is 1. The molecule has 1 fully saturated rings. The van der Waals surface area contributed by atoms with E-state index >= 15 is 0 Å². The second-order valence-corrected chi connectivity index (χ2v) is 5.53. The molecule has 0 bridgehead atoms. The van der Waals surface area contributed by atoms with E-state index in [1.54, 1.807) is 0 Å². The fourth-order valence-electron chi connectivity index (χ4n) is 2.13. The fourth-order valence-corrected chi connectivity index (χ4v) is 2.13. The number of halogens is 2. The fraction of sp³-hybridized carbons (Fsp3) is 1.00. The average Bonchev–Trinajstić information content (AvgIpc) is 2.16. The molecule has 0 aromatic heterocycles. The van der Waals surface area contributed by atoms with Crippen LogP contribution in [0.5, 0.6) is 0 Å². The molecule has 1 aliphatic heterocycles. The Bertz CT molecular complexity index is 203. The van der Waals surface area contributed by atoms with Gasteiger partial charge < -0.3 is 5.73 Å². The summed E-state index contributed by atoms with van der Waals surface area (Å²) in [4.78, 5) is 2.25. The Kier molecular flexibility index (Phi) is 3.71.